The molecule has 23 heavy (non-hydrogen) atoms. The number of hydrogen-bond donors (Lipinski definition) is 1. The predicted octanol–water partition coefficient (Wildman–Crippen LogP) is 3.67. The Morgan fingerprint density at radius 3 is 2.70 bits per heavy atom. The van der Waals surface area contributed by atoms with E-state index in [0.29, 0.717) is 23.8 Å². The summed E-state index contributed by atoms with van der Waals surface area (Å²) in [5.41, 5.74) is 0.428. The minimum atomic E-state index is -3.68. The lowest BCUT2D eigenvalue weighted by molar-refractivity contribution is 0.363. The Morgan fingerprint density at radius 1 is 1.26 bits per heavy atom. The predicted molar refractivity (Wildman–Crippen MR) is 98.7 cm³/mol. The minimum Gasteiger partial charge on any atom is -0.496 e. The van der Waals surface area contributed by atoms with Crippen molar-refractivity contribution in [3.63, 3.8) is 0 Å². The maximum Gasteiger partial charge on any atom is 0.261 e. The van der Waals surface area contributed by atoms with Gasteiger partial charge in [0.05, 0.1) is 21.3 Å². The van der Waals surface area contributed by atoms with Crippen molar-refractivity contribution in [2.24, 2.45) is 0 Å². The molecule has 7 heteroatoms. The molecule has 0 saturated heterocycles. The quantitative estimate of drug-likeness (QED) is 0.522. The second-order valence-corrected chi connectivity index (χ2v) is 7.37. The molecule has 0 atom stereocenters. The molecule has 0 heterocycles. The standard InChI is InChI=1S/C16H16INO4S/c1-3-9-22-13-6-4-5-12(10-13)18-23(19,20)14-7-8-16(21-2)15(17)11-14/h3-8,10-11,18H,1,9H2,2H3. The van der Waals surface area contributed by atoms with Crippen LogP contribution in [0.3, 0.4) is 0 Å². The number of hydrogen-bond acceptors (Lipinski definition) is 4. The van der Waals surface area contributed by atoms with Crippen molar-refractivity contribution in [1.29, 1.82) is 0 Å². The van der Waals surface area contributed by atoms with E-state index in [4.69, 9.17) is 9.47 Å². The highest BCUT2D eigenvalue weighted by atomic mass is 127. The summed E-state index contributed by atoms with van der Waals surface area (Å²) in [6.07, 6.45) is 1.62. The summed E-state index contributed by atoms with van der Waals surface area (Å²) in [6.45, 7) is 3.93. The molecule has 2 aromatic carbocycles. The lowest BCUT2D eigenvalue weighted by Crippen LogP contribution is -2.13. The third kappa shape index (κ3) is 4.61. The zero-order valence-electron chi connectivity index (χ0n) is 12.5. The fourth-order valence-electron chi connectivity index (χ4n) is 1.83. The van der Waals surface area contributed by atoms with Crippen LogP contribution in [0.1, 0.15) is 0 Å². The average Bonchev–Trinajstić information content (AvgIpc) is 2.52. The van der Waals surface area contributed by atoms with Crippen LogP contribution < -0.4 is 14.2 Å². The first kappa shape index (κ1) is 17.6. The third-order valence-corrected chi connectivity index (χ3v) is 5.11. The van der Waals surface area contributed by atoms with Crippen molar-refractivity contribution in [2.75, 3.05) is 18.4 Å². The Morgan fingerprint density at radius 2 is 2.04 bits per heavy atom. The van der Waals surface area contributed by atoms with Crippen LogP contribution in [0.5, 0.6) is 11.5 Å². The Bertz CT molecular complexity index is 805. The van der Waals surface area contributed by atoms with Gasteiger partial charge in [0.15, 0.2) is 0 Å². The molecule has 5 nitrogen and oxygen atoms in total. The van der Waals surface area contributed by atoms with Gasteiger partial charge >= 0.3 is 0 Å². The van der Waals surface area contributed by atoms with Gasteiger partial charge in [-0.05, 0) is 52.9 Å². The molecule has 1 N–H and O–H groups in total. The number of rotatable bonds is 7. The second-order valence-electron chi connectivity index (χ2n) is 4.53. The van der Waals surface area contributed by atoms with Gasteiger partial charge in [-0.1, -0.05) is 18.7 Å². The number of anilines is 1. The van der Waals surface area contributed by atoms with E-state index in [1.165, 1.54) is 6.07 Å². The fraction of sp³-hybridized carbons (Fsp3) is 0.125. The molecule has 0 saturated carbocycles. The average molecular weight is 445 g/mol. The third-order valence-electron chi connectivity index (χ3n) is 2.89. The highest BCUT2D eigenvalue weighted by molar-refractivity contribution is 14.1. The first-order valence-corrected chi connectivity index (χ1v) is 9.22. The van der Waals surface area contributed by atoms with Crippen LogP contribution in [0, 0.1) is 3.57 Å². The molecule has 0 unspecified atom stereocenters. The van der Waals surface area contributed by atoms with Crippen LogP contribution in [0.2, 0.25) is 0 Å². The molecule has 0 aliphatic heterocycles. The van der Waals surface area contributed by atoms with E-state index in [9.17, 15) is 8.42 Å². The van der Waals surface area contributed by atoms with E-state index in [2.05, 4.69) is 11.3 Å². The molecule has 0 spiro atoms. The number of halogens is 1. The SMILES string of the molecule is C=CCOc1cccc(NS(=O)(=O)c2ccc(OC)c(I)c2)c1. The van der Waals surface area contributed by atoms with E-state index in [1.54, 1.807) is 49.6 Å². The largest absolute Gasteiger partial charge is 0.496 e. The molecular weight excluding hydrogens is 429 g/mol. The fourth-order valence-corrected chi connectivity index (χ4v) is 3.85. The van der Waals surface area contributed by atoms with Crippen molar-refractivity contribution in [1.82, 2.24) is 0 Å². The molecule has 0 aromatic heterocycles. The van der Waals surface area contributed by atoms with Gasteiger partial charge in [-0.15, -0.1) is 0 Å². The topological polar surface area (TPSA) is 64.6 Å². The highest BCUT2D eigenvalue weighted by Gasteiger charge is 2.16. The molecule has 0 aliphatic carbocycles. The summed E-state index contributed by atoms with van der Waals surface area (Å²) < 4.78 is 38.7. The number of methoxy groups -OCH3 is 1. The van der Waals surface area contributed by atoms with E-state index in [0.717, 1.165) is 3.57 Å². The molecule has 0 aliphatic rings. The van der Waals surface area contributed by atoms with Gasteiger partial charge in [0.1, 0.15) is 18.1 Å². The van der Waals surface area contributed by atoms with Crippen molar-refractivity contribution in [3.05, 3.63) is 58.7 Å². The van der Waals surface area contributed by atoms with Crippen molar-refractivity contribution < 1.29 is 17.9 Å². The van der Waals surface area contributed by atoms with Gasteiger partial charge in [0.2, 0.25) is 0 Å². The zero-order chi connectivity index (χ0) is 16.9. The van der Waals surface area contributed by atoms with E-state index in [1.807, 2.05) is 22.6 Å². The first-order valence-electron chi connectivity index (χ1n) is 6.66. The van der Waals surface area contributed by atoms with Crippen LogP contribution in [-0.4, -0.2) is 22.1 Å². The Balaban J connectivity index is 2.24. The number of benzene rings is 2. The Labute approximate surface area is 149 Å². The molecule has 2 aromatic rings. The first-order chi connectivity index (χ1) is 11.0. The maximum absolute atomic E-state index is 12.5. The Hall–Kier alpha value is -1.74. The van der Waals surface area contributed by atoms with Gasteiger partial charge in [0, 0.05) is 6.07 Å². The van der Waals surface area contributed by atoms with Crippen molar-refractivity contribution >= 4 is 38.3 Å². The summed E-state index contributed by atoms with van der Waals surface area (Å²) in [6, 6.07) is 11.4. The minimum absolute atomic E-state index is 0.167. The summed E-state index contributed by atoms with van der Waals surface area (Å²) in [5, 5.41) is 0. The van der Waals surface area contributed by atoms with Gasteiger partial charge in [0.25, 0.3) is 10.0 Å². The highest BCUT2D eigenvalue weighted by Crippen LogP contribution is 2.26. The van der Waals surface area contributed by atoms with E-state index < -0.39 is 10.0 Å². The lowest BCUT2D eigenvalue weighted by Gasteiger charge is -2.11. The van der Waals surface area contributed by atoms with Crippen molar-refractivity contribution in [3.8, 4) is 11.5 Å². The normalized spacial score (nSPS) is 10.9. The number of ether oxygens (including phenoxy) is 2. The summed E-state index contributed by atoms with van der Waals surface area (Å²) in [5.74, 6) is 1.19. The molecule has 0 fully saturated rings. The summed E-state index contributed by atoms with van der Waals surface area (Å²) >= 11 is 2.03. The maximum atomic E-state index is 12.5. The van der Waals surface area contributed by atoms with E-state index in [-0.39, 0.29) is 4.90 Å². The van der Waals surface area contributed by atoms with Crippen LogP contribution in [0.4, 0.5) is 5.69 Å². The van der Waals surface area contributed by atoms with Crippen LogP contribution in [0.25, 0.3) is 0 Å². The van der Waals surface area contributed by atoms with Crippen LogP contribution in [0.15, 0.2) is 60.0 Å². The second kappa shape index (κ2) is 7.69. The summed E-state index contributed by atoms with van der Waals surface area (Å²) in [7, 11) is -2.14. The lowest BCUT2D eigenvalue weighted by atomic mass is 10.3. The van der Waals surface area contributed by atoms with Crippen molar-refractivity contribution in [2.45, 2.75) is 4.90 Å². The van der Waals surface area contributed by atoms with Gasteiger partial charge in [-0.2, -0.15) is 0 Å². The molecule has 2 rings (SSSR count). The molecule has 0 radical (unpaired) electrons. The molecular formula is C16H16INO4S. The van der Waals surface area contributed by atoms with E-state index >= 15 is 0 Å². The van der Waals surface area contributed by atoms with Gasteiger partial charge < -0.3 is 9.47 Å². The number of nitrogens with one attached hydrogen (secondary N) is 1. The monoisotopic (exact) mass is 445 g/mol. The zero-order valence-corrected chi connectivity index (χ0v) is 15.4. The van der Waals surface area contributed by atoms with Crippen LogP contribution >= 0.6 is 22.6 Å². The molecule has 0 bridgehead atoms. The van der Waals surface area contributed by atoms with Gasteiger partial charge in [-0.3, -0.25) is 4.72 Å². The van der Waals surface area contributed by atoms with Crippen LogP contribution in [-0.2, 0) is 10.0 Å². The van der Waals surface area contributed by atoms with Gasteiger partial charge in [-0.25, -0.2) is 8.42 Å². The smallest absolute Gasteiger partial charge is 0.261 e. The summed E-state index contributed by atoms with van der Waals surface area (Å²) in [4.78, 5) is 0.167. The number of sulfonamides is 1. The molecule has 0 amide bonds. The molecule has 122 valence electrons. The Kier molecular flexibility index (Phi) is 5.89.